The van der Waals surface area contributed by atoms with E-state index in [1.807, 2.05) is 5.92 Å². The monoisotopic (exact) mass is 684 g/mol. The molecular weight excluding hydrogens is 654 g/mol. The molecule has 0 aliphatic rings. The summed E-state index contributed by atoms with van der Waals surface area (Å²) in [7, 11) is -25.5. The van der Waals surface area contributed by atoms with Crippen LogP contribution in [0, 0.1) is 37.0 Å². The Bertz CT molecular complexity index is 1140. The minimum absolute atomic E-state index is 0.0992. The van der Waals surface area contributed by atoms with Crippen molar-refractivity contribution in [1.82, 2.24) is 0 Å². The molecule has 0 rings (SSSR count). The number of hydrogen-bond donors (Lipinski definition) is 6. The van der Waals surface area contributed by atoms with Crippen molar-refractivity contribution in [3.8, 4) is 37.0 Å². The number of terminal acetylenes is 3. The summed E-state index contributed by atoms with van der Waals surface area (Å²) in [4.78, 5) is 52.1. The van der Waals surface area contributed by atoms with Gasteiger partial charge in [0.2, 0.25) is 0 Å². The molecule has 0 aliphatic heterocycles. The fourth-order valence-electron chi connectivity index (χ4n) is 1.34. The molecule has 18 nitrogen and oxygen atoms in total. The Morgan fingerprint density at radius 3 is 1.18 bits per heavy atom. The van der Waals surface area contributed by atoms with Crippen LogP contribution < -0.4 is 0 Å². The Morgan fingerprint density at radius 2 is 0.872 bits per heavy atom. The third-order valence-electron chi connectivity index (χ3n) is 2.30. The van der Waals surface area contributed by atoms with Crippen molar-refractivity contribution in [1.29, 1.82) is 0 Å². The van der Waals surface area contributed by atoms with Crippen LogP contribution in [-0.4, -0.2) is 69.2 Å². The molecule has 0 radical (unpaired) electrons. The van der Waals surface area contributed by atoms with E-state index in [-0.39, 0.29) is 19.6 Å². The first-order valence-corrected chi connectivity index (χ1v) is 20.1. The molecule has 6 unspecified atom stereocenters. The van der Waals surface area contributed by atoms with E-state index >= 15 is 0 Å². The lowest BCUT2D eigenvalue weighted by Gasteiger charge is -2.12. The SMILES string of the molecule is C#CCCCOP(=O)(O)OP(C)(=O)O.C#CCCOP(=O)(O)OP(C)(=O)O.C#CCOP(=O)(O)OP(C)(=O)O. The lowest BCUT2D eigenvalue weighted by atomic mass is 10.3. The lowest BCUT2D eigenvalue weighted by molar-refractivity contribution is 0.194. The summed E-state index contributed by atoms with van der Waals surface area (Å²) in [6.07, 6.45) is 15.4. The molecule has 0 fully saturated rings. The Balaban J connectivity index is -0.000000500. The molecule has 0 saturated carbocycles. The second kappa shape index (κ2) is 19.7. The van der Waals surface area contributed by atoms with Crippen molar-refractivity contribution in [3.63, 3.8) is 0 Å². The zero-order chi connectivity index (χ0) is 31.6. The van der Waals surface area contributed by atoms with Gasteiger partial charge in [0.05, 0.1) is 13.2 Å². The van der Waals surface area contributed by atoms with Gasteiger partial charge in [-0.1, -0.05) is 5.92 Å². The maximum atomic E-state index is 10.9. The van der Waals surface area contributed by atoms with E-state index in [1.54, 1.807) is 0 Å². The molecule has 0 aromatic rings. The van der Waals surface area contributed by atoms with E-state index < -0.39 is 52.9 Å². The molecule has 228 valence electrons. The summed E-state index contributed by atoms with van der Waals surface area (Å²) in [5.41, 5.74) is 0. The fraction of sp³-hybridized carbons (Fsp3) is 0.600. The van der Waals surface area contributed by atoms with Crippen LogP contribution in [0.4, 0.5) is 0 Å². The predicted octanol–water partition coefficient (Wildman–Crippen LogP) is 2.88. The van der Waals surface area contributed by atoms with Crippen LogP contribution in [0.25, 0.3) is 0 Å². The number of unbranched alkanes of at least 4 members (excludes halogenated alkanes) is 1. The van der Waals surface area contributed by atoms with Crippen molar-refractivity contribution in [2.75, 3.05) is 39.8 Å². The molecule has 0 heterocycles. The van der Waals surface area contributed by atoms with E-state index in [0.29, 0.717) is 12.8 Å². The standard InChI is InChI=1S/C6H12O6P2.C5H10O6P2.C4H8O6P2/c1-3-4-5-6-11-14(9,10)12-13(2,7)8;1-3-4-5-10-13(8,9)11-12(2,6)7;1-3-4-9-12(7,8)10-11(2,5)6/h1H,4-6H2,2H3,(H,7,8)(H,9,10);1H,4-5H2,2H3,(H,6,7)(H,8,9);1H,4H2,2H3,(H,5,6)(H,7,8). The topological polar surface area (TPSA) is 279 Å². The zero-order valence-electron chi connectivity index (χ0n) is 20.7. The summed E-state index contributed by atoms with van der Waals surface area (Å²) in [5, 5.41) is 0. The maximum Gasteiger partial charge on any atom is 0.480 e. The number of hydrogen-bond acceptors (Lipinski definition) is 12. The highest BCUT2D eigenvalue weighted by molar-refractivity contribution is 7.64. The Labute approximate surface area is 225 Å². The normalized spacial score (nSPS) is 19.8. The molecule has 0 aliphatic carbocycles. The second-order valence-corrected chi connectivity index (χ2v) is 16.8. The molecule has 0 aromatic heterocycles. The highest BCUT2D eigenvalue weighted by Gasteiger charge is 2.31. The van der Waals surface area contributed by atoms with Crippen LogP contribution in [0.15, 0.2) is 0 Å². The second-order valence-electron chi connectivity index (χ2n) is 6.47. The largest absolute Gasteiger partial charge is 0.480 e. The van der Waals surface area contributed by atoms with Crippen molar-refractivity contribution in [2.45, 2.75) is 19.3 Å². The quantitative estimate of drug-likeness (QED) is 0.0821. The number of rotatable bonds is 15. The van der Waals surface area contributed by atoms with Crippen LogP contribution in [-0.2, 0) is 53.9 Å². The predicted molar refractivity (Wildman–Crippen MR) is 138 cm³/mol. The first-order chi connectivity index (χ1) is 17.3. The minimum atomic E-state index is -4.49. The molecule has 0 spiro atoms. The van der Waals surface area contributed by atoms with Gasteiger partial charge in [0.25, 0.3) is 0 Å². The van der Waals surface area contributed by atoms with Gasteiger partial charge < -0.3 is 29.4 Å². The van der Waals surface area contributed by atoms with Gasteiger partial charge in [0.1, 0.15) is 6.61 Å². The number of phosphoric ester groups is 3. The first-order valence-electron chi connectivity index (χ1n) is 9.57. The molecule has 6 atom stereocenters. The fourth-order valence-corrected chi connectivity index (χ4v) is 7.42. The van der Waals surface area contributed by atoms with E-state index in [0.717, 1.165) is 20.0 Å². The van der Waals surface area contributed by atoms with Crippen molar-refractivity contribution >= 4 is 46.3 Å². The van der Waals surface area contributed by atoms with Gasteiger partial charge in [0.15, 0.2) is 0 Å². The third kappa shape index (κ3) is 37.6. The maximum absolute atomic E-state index is 10.9. The summed E-state index contributed by atoms with van der Waals surface area (Å²) in [6, 6.07) is 0. The van der Waals surface area contributed by atoms with Gasteiger partial charge in [-0.3, -0.25) is 27.3 Å². The Kier molecular flexibility index (Phi) is 21.7. The van der Waals surface area contributed by atoms with Gasteiger partial charge in [-0.25, -0.2) is 26.6 Å². The van der Waals surface area contributed by atoms with Crippen LogP contribution in [0.5, 0.6) is 0 Å². The molecule has 0 amide bonds. The van der Waals surface area contributed by atoms with Gasteiger partial charge in [-0.05, 0) is 6.42 Å². The summed E-state index contributed by atoms with van der Waals surface area (Å²) in [6.45, 7) is 1.56. The first kappa shape index (κ1) is 43.0. The van der Waals surface area contributed by atoms with E-state index in [9.17, 15) is 27.4 Å². The molecular formula is C15H30O18P6. The van der Waals surface area contributed by atoms with Gasteiger partial charge in [-0.2, -0.15) is 0 Å². The molecule has 0 saturated heterocycles. The number of phosphoric acid groups is 3. The van der Waals surface area contributed by atoms with Gasteiger partial charge >= 0.3 is 46.3 Å². The van der Waals surface area contributed by atoms with Crippen LogP contribution in [0.2, 0.25) is 0 Å². The summed E-state index contributed by atoms with van der Waals surface area (Å²) >= 11 is 0. The molecule has 6 N–H and O–H groups in total. The van der Waals surface area contributed by atoms with Crippen molar-refractivity contribution in [3.05, 3.63) is 0 Å². The summed E-state index contributed by atoms with van der Waals surface area (Å²) in [5.74, 6) is 6.37. The zero-order valence-corrected chi connectivity index (χ0v) is 26.1. The van der Waals surface area contributed by atoms with Crippen LogP contribution in [0.3, 0.4) is 0 Å². The third-order valence-corrected chi connectivity index (χ3v) is 9.88. The van der Waals surface area contributed by atoms with E-state index in [4.69, 9.17) is 48.6 Å². The van der Waals surface area contributed by atoms with E-state index in [1.165, 1.54) is 0 Å². The Morgan fingerprint density at radius 1 is 0.538 bits per heavy atom. The van der Waals surface area contributed by atoms with Crippen molar-refractivity contribution < 1.29 is 83.3 Å². The summed E-state index contributed by atoms with van der Waals surface area (Å²) < 4.78 is 88.4. The average Bonchev–Trinajstić information content (AvgIpc) is 2.65. The van der Waals surface area contributed by atoms with Gasteiger partial charge in [-0.15, -0.1) is 31.1 Å². The molecule has 24 heteroatoms. The highest BCUT2D eigenvalue weighted by Crippen LogP contribution is 2.59. The average molecular weight is 684 g/mol. The van der Waals surface area contributed by atoms with Gasteiger partial charge in [0, 0.05) is 32.8 Å². The van der Waals surface area contributed by atoms with Crippen LogP contribution in [0.1, 0.15) is 19.3 Å². The van der Waals surface area contributed by atoms with Crippen LogP contribution >= 0.6 is 46.3 Å². The lowest BCUT2D eigenvalue weighted by Crippen LogP contribution is -1.95. The van der Waals surface area contributed by atoms with E-state index in [2.05, 4.69) is 38.3 Å². The molecule has 0 bridgehead atoms. The molecule has 39 heavy (non-hydrogen) atoms. The highest BCUT2D eigenvalue weighted by atomic mass is 31.3. The molecule has 0 aromatic carbocycles. The smallest absolute Gasteiger partial charge is 0.324 e. The van der Waals surface area contributed by atoms with Crippen molar-refractivity contribution in [2.24, 2.45) is 0 Å². The minimum Gasteiger partial charge on any atom is -0.324 e. The Hall–Kier alpha value is -0.420.